The number of carbonyl (C=O) groups is 2. The molecular weight excluding hydrogens is 406 g/mol. The Kier molecular flexibility index (Phi) is 6.53. The fraction of sp³-hybridized carbons (Fsp3) is 0.391. The number of fused-ring (bicyclic) bond motifs is 1. The number of amides is 2. The third-order valence-electron chi connectivity index (χ3n) is 5.59. The number of hydrogen-bond acceptors (Lipinski definition) is 6. The Morgan fingerprint density at radius 1 is 1.09 bits per heavy atom. The molecular formula is C23H29N7O2. The summed E-state index contributed by atoms with van der Waals surface area (Å²) in [5.41, 5.74) is 3.66. The number of nitrogens with one attached hydrogen (secondary N) is 3. The minimum Gasteiger partial charge on any atom is -0.372 e. The lowest BCUT2D eigenvalue weighted by Crippen LogP contribution is -2.41. The largest absolute Gasteiger partial charge is 0.372 e. The molecule has 1 fully saturated rings. The number of rotatable bonds is 8. The zero-order valence-corrected chi connectivity index (χ0v) is 18.5. The molecule has 4 rings (SSSR count). The van der Waals surface area contributed by atoms with Gasteiger partial charge in [0.2, 0.25) is 11.8 Å². The lowest BCUT2D eigenvalue weighted by Gasteiger charge is -2.18. The molecule has 1 saturated heterocycles. The van der Waals surface area contributed by atoms with Gasteiger partial charge in [-0.1, -0.05) is 12.1 Å². The molecule has 1 aliphatic rings. The smallest absolute Gasteiger partial charge is 0.242 e. The molecule has 1 aliphatic heterocycles. The molecule has 168 valence electrons. The number of aromatic nitrogens is 3. The first-order valence-corrected chi connectivity index (χ1v) is 11.0. The second-order valence-electron chi connectivity index (χ2n) is 7.99. The SMILES string of the molecule is CC(=O)NCCNC(=O)C(C)Nc1c(-c2ccc(N3CCCC3)cc2)nc2cnccn12. The number of anilines is 2. The highest BCUT2D eigenvalue weighted by Crippen LogP contribution is 2.31. The molecule has 2 amide bonds. The normalized spacial score (nSPS) is 14.4. The average Bonchev–Trinajstić information content (AvgIpc) is 3.45. The van der Waals surface area contributed by atoms with E-state index in [0.29, 0.717) is 18.7 Å². The number of carbonyl (C=O) groups excluding carboxylic acids is 2. The summed E-state index contributed by atoms with van der Waals surface area (Å²) in [6.45, 7) is 6.21. The van der Waals surface area contributed by atoms with Crippen molar-refractivity contribution >= 4 is 29.0 Å². The van der Waals surface area contributed by atoms with Crippen molar-refractivity contribution in [2.24, 2.45) is 0 Å². The fourth-order valence-electron chi connectivity index (χ4n) is 3.90. The highest BCUT2D eigenvalue weighted by molar-refractivity contribution is 5.86. The van der Waals surface area contributed by atoms with Crippen LogP contribution in [0.5, 0.6) is 0 Å². The minimum absolute atomic E-state index is 0.120. The Hall–Kier alpha value is -3.62. The van der Waals surface area contributed by atoms with Gasteiger partial charge in [0, 0.05) is 56.7 Å². The first-order chi connectivity index (χ1) is 15.5. The van der Waals surface area contributed by atoms with Crippen molar-refractivity contribution in [3.05, 3.63) is 42.9 Å². The Morgan fingerprint density at radius 2 is 1.81 bits per heavy atom. The van der Waals surface area contributed by atoms with Gasteiger partial charge in [0.1, 0.15) is 17.6 Å². The van der Waals surface area contributed by atoms with Crippen LogP contribution >= 0.6 is 0 Å². The van der Waals surface area contributed by atoms with E-state index in [4.69, 9.17) is 4.98 Å². The molecule has 9 heteroatoms. The average molecular weight is 436 g/mol. The van der Waals surface area contributed by atoms with Gasteiger partial charge in [-0.2, -0.15) is 0 Å². The zero-order chi connectivity index (χ0) is 22.5. The van der Waals surface area contributed by atoms with E-state index in [0.717, 1.165) is 30.2 Å². The van der Waals surface area contributed by atoms with Crippen molar-refractivity contribution in [3.8, 4) is 11.3 Å². The summed E-state index contributed by atoms with van der Waals surface area (Å²) in [6, 6.07) is 7.91. The van der Waals surface area contributed by atoms with Crippen molar-refractivity contribution < 1.29 is 9.59 Å². The van der Waals surface area contributed by atoms with Gasteiger partial charge in [-0.15, -0.1) is 0 Å². The first-order valence-electron chi connectivity index (χ1n) is 11.0. The second kappa shape index (κ2) is 9.67. The fourth-order valence-corrected chi connectivity index (χ4v) is 3.90. The maximum Gasteiger partial charge on any atom is 0.242 e. The molecule has 3 N–H and O–H groups in total. The molecule has 0 bridgehead atoms. The van der Waals surface area contributed by atoms with E-state index in [-0.39, 0.29) is 11.8 Å². The van der Waals surface area contributed by atoms with Crippen LogP contribution in [0.3, 0.4) is 0 Å². The van der Waals surface area contributed by atoms with E-state index in [1.54, 1.807) is 19.3 Å². The number of imidazole rings is 1. The molecule has 0 aliphatic carbocycles. The Labute approximate surface area is 187 Å². The van der Waals surface area contributed by atoms with Crippen LogP contribution in [0, 0.1) is 0 Å². The Balaban J connectivity index is 1.54. The third kappa shape index (κ3) is 4.82. The molecule has 32 heavy (non-hydrogen) atoms. The van der Waals surface area contributed by atoms with Crippen LogP contribution in [0.1, 0.15) is 26.7 Å². The Bertz CT molecular complexity index is 1090. The summed E-state index contributed by atoms with van der Waals surface area (Å²) >= 11 is 0. The highest BCUT2D eigenvalue weighted by Gasteiger charge is 2.20. The summed E-state index contributed by atoms with van der Waals surface area (Å²) < 4.78 is 1.90. The van der Waals surface area contributed by atoms with Crippen LogP contribution in [0.4, 0.5) is 11.5 Å². The van der Waals surface area contributed by atoms with Gasteiger partial charge in [-0.25, -0.2) is 4.98 Å². The molecule has 1 unspecified atom stereocenters. The standard InChI is InChI=1S/C23H29N7O2/c1-16(23(32)26-10-9-25-17(2)31)27-22-21(28-20-15-24-11-14-30(20)22)18-5-7-19(8-6-18)29-12-3-4-13-29/h5-8,11,14-16,27H,3-4,9-10,12-13H2,1-2H3,(H,25,31)(H,26,32). The number of nitrogens with zero attached hydrogens (tertiary/aromatic N) is 4. The van der Waals surface area contributed by atoms with Gasteiger partial charge in [0.25, 0.3) is 0 Å². The molecule has 1 aromatic carbocycles. The van der Waals surface area contributed by atoms with Gasteiger partial charge in [-0.05, 0) is 31.9 Å². The molecule has 3 aromatic rings. The van der Waals surface area contributed by atoms with E-state index in [1.165, 1.54) is 25.5 Å². The van der Waals surface area contributed by atoms with Gasteiger partial charge in [-0.3, -0.25) is 19.0 Å². The summed E-state index contributed by atoms with van der Waals surface area (Å²) in [7, 11) is 0. The van der Waals surface area contributed by atoms with Crippen molar-refractivity contribution in [1.82, 2.24) is 25.0 Å². The second-order valence-corrected chi connectivity index (χ2v) is 7.99. The third-order valence-corrected chi connectivity index (χ3v) is 5.59. The maximum atomic E-state index is 12.6. The van der Waals surface area contributed by atoms with Crippen LogP contribution in [0.2, 0.25) is 0 Å². The van der Waals surface area contributed by atoms with Crippen molar-refractivity contribution in [3.63, 3.8) is 0 Å². The molecule has 2 aromatic heterocycles. The minimum atomic E-state index is -0.497. The van der Waals surface area contributed by atoms with Gasteiger partial charge >= 0.3 is 0 Å². The van der Waals surface area contributed by atoms with Crippen LogP contribution in [-0.4, -0.2) is 58.4 Å². The topological polar surface area (TPSA) is 104 Å². The summed E-state index contributed by atoms with van der Waals surface area (Å²) in [5, 5.41) is 8.81. The van der Waals surface area contributed by atoms with Crippen molar-refractivity contribution in [1.29, 1.82) is 0 Å². The molecule has 9 nitrogen and oxygen atoms in total. The van der Waals surface area contributed by atoms with Gasteiger partial charge in [0.05, 0.1) is 6.20 Å². The van der Waals surface area contributed by atoms with Crippen LogP contribution < -0.4 is 20.9 Å². The molecule has 0 saturated carbocycles. The van der Waals surface area contributed by atoms with E-state index in [1.807, 2.05) is 10.6 Å². The maximum absolute atomic E-state index is 12.6. The van der Waals surface area contributed by atoms with E-state index >= 15 is 0 Å². The van der Waals surface area contributed by atoms with Crippen LogP contribution in [-0.2, 0) is 9.59 Å². The van der Waals surface area contributed by atoms with Crippen LogP contribution in [0.15, 0.2) is 42.9 Å². The van der Waals surface area contributed by atoms with E-state index in [2.05, 4.69) is 50.1 Å². The van der Waals surface area contributed by atoms with Gasteiger partial charge < -0.3 is 20.9 Å². The van der Waals surface area contributed by atoms with Crippen molar-refractivity contribution in [2.45, 2.75) is 32.7 Å². The lowest BCUT2D eigenvalue weighted by molar-refractivity contribution is -0.122. The van der Waals surface area contributed by atoms with E-state index in [9.17, 15) is 9.59 Å². The predicted octanol–water partition coefficient (Wildman–Crippen LogP) is 2.05. The predicted molar refractivity (Wildman–Crippen MR) is 125 cm³/mol. The summed E-state index contributed by atoms with van der Waals surface area (Å²) in [5.74, 6) is 0.459. The molecule has 0 spiro atoms. The van der Waals surface area contributed by atoms with E-state index < -0.39 is 6.04 Å². The zero-order valence-electron chi connectivity index (χ0n) is 18.5. The monoisotopic (exact) mass is 435 g/mol. The number of hydrogen-bond donors (Lipinski definition) is 3. The van der Waals surface area contributed by atoms with Gasteiger partial charge in [0.15, 0.2) is 5.65 Å². The highest BCUT2D eigenvalue weighted by atomic mass is 16.2. The summed E-state index contributed by atoms with van der Waals surface area (Å²) in [6.07, 6.45) is 7.69. The summed E-state index contributed by atoms with van der Waals surface area (Å²) in [4.78, 5) is 34.9. The molecule has 0 radical (unpaired) electrons. The first kappa shape index (κ1) is 21.6. The van der Waals surface area contributed by atoms with Crippen LogP contribution in [0.25, 0.3) is 16.9 Å². The quantitative estimate of drug-likeness (QED) is 0.468. The molecule has 1 atom stereocenters. The number of benzene rings is 1. The Morgan fingerprint density at radius 3 is 2.53 bits per heavy atom. The lowest BCUT2D eigenvalue weighted by atomic mass is 10.1. The molecule has 3 heterocycles. The van der Waals surface area contributed by atoms with Crippen molar-refractivity contribution in [2.75, 3.05) is 36.4 Å².